The van der Waals surface area contributed by atoms with Crippen LogP contribution < -0.4 is 4.74 Å². The lowest BCUT2D eigenvalue weighted by Gasteiger charge is -2.03. The quantitative estimate of drug-likeness (QED) is 0.694. The first-order valence-electron chi connectivity index (χ1n) is 6.46. The van der Waals surface area contributed by atoms with Crippen LogP contribution in [0.1, 0.15) is 10.4 Å². The zero-order valence-corrected chi connectivity index (χ0v) is 11.9. The Balaban J connectivity index is 2.11. The molecule has 1 heterocycles. The molecule has 22 heavy (non-hydrogen) atoms. The van der Waals surface area contributed by atoms with Crippen molar-refractivity contribution in [1.82, 2.24) is 4.98 Å². The lowest BCUT2D eigenvalue weighted by atomic mass is 10.2. The molecule has 0 aliphatic rings. The van der Waals surface area contributed by atoms with E-state index in [4.69, 9.17) is 9.15 Å². The first-order chi connectivity index (χ1) is 10.6. The van der Waals surface area contributed by atoms with Gasteiger partial charge in [0.1, 0.15) is 5.52 Å². The molecule has 3 aromatic rings. The number of fused-ring (bicyclic) bond motifs is 1. The van der Waals surface area contributed by atoms with E-state index < -0.39 is 11.8 Å². The van der Waals surface area contributed by atoms with E-state index in [2.05, 4.69) is 9.72 Å². The minimum atomic E-state index is -0.551. The van der Waals surface area contributed by atoms with Crippen molar-refractivity contribution in [3.05, 3.63) is 47.8 Å². The molecule has 1 aromatic heterocycles. The van der Waals surface area contributed by atoms with Crippen LogP contribution in [-0.4, -0.2) is 25.2 Å². The molecule has 0 bridgehead atoms. The second-order valence-electron chi connectivity index (χ2n) is 4.51. The van der Waals surface area contributed by atoms with Crippen LogP contribution in [0.4, 0.5) is 4.39 Å². The summed E-state index contributed by atoms with van der Waals surface area (Å²) in [6.45, 7) is 0. The van der Waals surface area contributed by atoms with E-state index in [1.54, 1.807) is 24.3 Å². The highest BCUT2D eigenvalue weighted by molar-refractivity contribution is 5.93. The Morgan fingerprint density at radius 1 is 1.23 bits per heavy atom. The van der Waals surface area contributed by atoms with Crippen LogP contribution in [0.25, 0.3) is 22.6 Å². The molecular formula is C16H12FNO4. The molecule has 6 heteroatoms. The second kappa shape index (κ2) is 5.48. The molecule has 0 amide bonds. The normalized spacial score (nSPS) is 10.7. The van der Waals surface area contributed by atoms with Crippen molar-refractivity contribution < 1.29 is 23.1 Å². The van der Waals surface area contributed by atoms with Crippen LogP contribution in [0, 0.1) is 5.82 Å². The summed E-state index contributed by atoms with van der Waals surface area (Å²) < 4.78 is 29.4. The van der Waals surface area contributed by atoms with Crippen LogP contribution in [0.3, 0.4) is 0 Å². The highest BCUT2D eigenvalue weighted by Crippen LogP contribution is 2.30. The summed E-state index contributed by atoms with van der Waals surface area (Å²) in [5.41, 5.74) is 1.43. The van der Waals surface area contributed by atoms with E-state index in [-0.39, 0.29) is 17.2 Å². The Kier molecular flexibility index (Phi) is 3.50. The second-order valence-corrected chi connectivity index (χ2v) is 4.51. The van der Waals surface area contributed by atoms with Crippen molar-refractivity contribution in [2.24, 2.45) is 0 Å². The van der Waals surface area contributed by atoms with Crippen LogP contribution in [0.2, 0.25) is 0 Å². The monoisotopic (exact) mass is 301 g/mol. The van der Waals surface area contributed by atoms with Crippen molar-refractivity contribution in [2.75, 3.05) is 14.2 Å². The minimum Gasteiger partial charge on any atom is -0.494 e. The number of nitrogens with zero attached hydrogens (tertiary/aromatic N) is 1. The molecule has 0 spiro atoms. The fourth-order valence-electron chi connectivity index (χ4n) is 2.12. The number of carbonyl (C=O) groups is 1. The van der Waals surface area contributed by atoms with Crippen molar-refractivity contribution in [1.29, 1.82) is 0 Å². The first kappa shape index (κ1) is 14.1. The highest BCUT2D eigenvalue weighted by atomic mass is 19.1. The molecule has 0 aliphatic carbocycles. The van der Waals surface area contributed by atoms with Crippen molar-refractivity contribution in [3.63, 3.8) is 0 Å². The zero-order chi connectivity index (χ0) is 15.7. The lowest BCUT2D eigenvalue weighted by molar-refractivity contribution is 0.0601. The Morgan fingerprint density at radius 2 is 2.05 bits per heavy atom. The van der Waals surface area contributed by atoms with Gasteiger partial charge in [-0.05, 0) is 30.3 Å². The van der Waals surface area contributed by atoms with E-state index in [1.807, 2.05) is 0 Å². The summed E-state index contributed by atoms with van der Waals surface area (Å²) in [5.74, 6) is -0.799. The standard InChI is InChI=1S/C16H12FNO4/c1-20-13-5-3-4-10(14(13)17)15-18-11-8-9(16(19)21-2)6-7-12(11)22-15/h3-8H,1-2H3. The molecule has 0 N–H and O–H groups in total. The topological polar surface area (TPSA) is 61.6 Å². The predicted octanol–water partition coefficient (Wildman–Crippen LogP) is 3.43. The fourth-order valence-corrected chi connectivity index (χ4v) is 2.12. The largest absolute Gasteiger partial charge is 0.494 e. The number of rotatable bonds is 3. The Morgan fingerprint density at radius 3 is 2.77 bits per heavy atom. The molecule has 0 fully saturated rings. The summed E-state index contributed by atoms with van der Waals surface area (Å²) in [5, 5.41) is 0. The molecule has 0 radical (unpaired) electrons. The molecule has 2 aromatic carbocycles. The molecule has 0 unspecified atom stereocenters. The van der Waals surface area contributed by atoms with Gasteiger partial charge in [0.15, 0.2) is 17.1 Å². The number of esters is 1. The third-order valence-corrected chi connectivity index (χ3v) is 3.22. The molecule has 0 saturated heterocycles. The SMILES string of the molecule is COC(=O)c1ccc2oc(-c3cccc(OC)c3F)nc2c1. The van der Waals surface area contributed by atoms with Gasteiger partial charge in [-0.2, -0.15) is 0 Å². The number of ether oxygens (including phenoxy) is 2. The van der Waals surface area contributed by atoms with Gasteiger partial charge in [0.05, 0.1) is 25.3 Å². The Labute approximate surface area is 125 Å². The predicted molar refractivity (Wildman–Crippen MR) is 77.3 cm³/mol. The van der Waals surface area contributed by atoms with Crippen molar-refractivity contribution >= 4 is 17.1 Å². The summed E-state index contributed by atoms with van der Waals surface area (Å²) >= 11 is 0. The molecule has 0 aliphatic heterocycles. The third-order valence-electron chi connectivity index (χ3n) is 3.22. The summed E-state index contributed by atoms with van der Waals surface area (Å²) in [6, 6.07) is 9.39. The maximum atomic E-state index is 14.3. The number of hydrogen-bond acceptors (Lipinski definition) is 5. The number of oxazole rings is 1. The molecule has 5 nitrogen and oxygen atoms in total. The van der Waals surface area contributed by atoms with Gasteiger partial charge >= 0.3 is 5.97 Å². The van der Waals surface area contributed by atoms with Crippen molar-refractivity contribution in [3.8, 4) is 17.2 Å². The first-order valence-corrected chi connectivity index (χ1v) is 6.46. The lowest BCUT2D eigenvalue weighted by Crippen LogP contribution is -2.00. The number of halogens is 1. The van der Waals surface area contributed by atoms with Gasteiger partial charge in [0.25, 0.3) is 0 Å². The molecule has 3 rings (SSSR count). The van der Waals surface area contributed by atoms with Gasteiger partial charge in [-0.1, -0.05) is 6.07 Å². The smallest absolute Gasteiger partial charge is 0.337 e. The van der Waals surface area contributed by atoms with E-state index in [1.165, 1.54) is 26.4 Å². The maximum Gasteiger partial charge on any atom is 0.337 e. The van der Waals surface area contributed by atoms with Crippen LogP contribution in [-0.2, 0) is 4.74 Å². The maximum absolute atomic E-state index is 14.3. The van der Waals surface area contributed by atoms with Crippen molar-refractivity contribution in [2.45, 2.75) is 0 Å². The molecule has 0 saturated carbocycles. The summed E-state index contributed by atoms with van der Waals surface area (Å²) in [4.78, 5) is 15.7. The van der Waals surface area contributed by atoms with E-state index in [0.717, 1.165) is 0 Å². The minimum absolute atomic E-state index is 0.106. The number of aromatic nitrogens is 1. The zero-order valence-electron chi connectivity index (χ0n) is 11.9. The Bertz CT molecular complexity index is 856. The fraction of sp³-hybridized carbons (Fsp3) is 0.125. The van der Waals surface area contributed by atoms with E-state index >= 15 is 0 Å². The number of methoxy groups -OCH3 is 2. The van der Waals surface area contributed by atoms with Crippen LogP contribution >= 0.6 is 0 Å². The molecular weight excluding hydrogens is 289 g/mol. The molecule has 0 atom stereocenters. The molecule has 112 valence electrons. The van der Waals surface area contributed by atoms with Gasteiger partial charge < -0.3 is 13.9 Å². The average molecular weight is 301 g/mol. The third kappa shape index (κ3) is 2.28. The van der Waals surface area contributed by atoms with Gasteiger partial charge in [0, 0.05) is 0 Å². The van der Waals surface area contributed by atoms with Crippen LogP contribution in [0.5, 0.6) is 5.75 Å². The highest BCUT2D eigenvalue weighted by Gasteiger charge is 2.17. The van der Waals surface area contributed by atoms with Crippen LogP contribution in [0.15, 0.2) is 40.8 Å². The van der Waals surface area contributed by atoms with Gasteiger partial charge in [-0.15, -0.1) is 0 Å². The van der Waals surface area contributed by atoms with E-state index in [9.17, 15) is 9.18 Å². The number of hydrogen-bond donors (Lipinski definition) is 0. The summed E-state index contributed by atoms with van der Waals surface area (Å²) in [7, 11) is 2.68. The Hall–Kier alpha value is -2.89. The van der Waals surface area contributed by atoms with Gasteiger partial charge in [-0.25, -0.2) is 14.2 Å². The summed E-state index contributed by atoms with van der Waals surface area (Å²) in [6.07, 6.45) is 0. The van der Waals surface area contributed by atoms with Gasteiger partial charge in [0.2, 0.25) is 5.89 Å². The number of benzene rings is 2. The number of carbonyl (C=O) groups excluding carboxylic acids is 1. The van der Waals surface area contributed by atoms with Gasteiger partial charge in [-0.3, -0.25) is 0 Å². The van der Waals surface area contributed by atoms with E-state index in [0.29, 0.717) is 16.7 Å². The average Bonchev–Trinajstić information content (AvgIpc) is 2.97.